The van der Waals surface area contributed by atoms with Gasteiger partial charge in [0.05, 0.1) is 22.8 Å². The van der Waals surface area contributed by atoms with Crippen LogP contribution in [-0.2, 0) is 20.4 Å². The zero-order valence-electron chi connectivity index (χ0n) is 27.1. The first-order valence-corrected chi connectivity index (χ1v) is 16.4. The molecule has 2 aromatic rings. The van der Waals surface area contributed by atoms with Crippen LogP contribution in [0.1, 0.15) is 139 Å². The number of benzene rings is 2. The van der Waals surface area contributed by atoms with Gasteiger partial charge >= 0.3 is 0 Å². The van der Waals surface area contributed by atoms with Crippen LogP contribution in [0.5, 0.6) is 0 Å². The normalized spacial score (nSPS) is 12.2. The summed E-state index contributed by atoms with van der Waals surface area (Å²) in [5.41, 5.74) is 9.31. The van der Waals surface area contributed by atoms with Crippen molar-refractivity contribution in [2.75, 3.05) is 0 Å². The van der Waals surface area contributed by atoms with E-state index in [1.165, 1.54) is 99.3 Å². The van der Waals surface area contributed by atoms with Crippen LogP contribution in [0.3, 0.4) is 0 Å². The van der Waals surface area contributed by atoms with E-state index in [-0.39, 0.29) is 20.4 Å². The van der Waals surface area contributed by atoms with E-state index in [1.54, 1.807) is 0 Å². The first-order valence-electron chi connectivity index (χ1n) is 16.4. The fraction of sp³-hybridized carbons (Fsp3) is 0.579. The monoisotopic (exact) mass is 648 g/mol. The van der Waals surface area contributed by atoms with Crippen LogP contribution in [0.4, 0.5) is 11.4 Å². The molecule has 0 aliphatic heterocycles. The van der Waals surface area contributed by atoms with Crippen molar-refractivity contribution in [3.63, 3.8) is 0 Å². The van der Waals surface area contributed by atoms with Gasteiger partial charge in [-0.15, -0.1) is 0 Å². The number of nitrogens with zero attached hydrogens (tertiary/aromatic N) is 2. The van der Waals surface area contributed by atoms with E-state index in [0.29, 0.717) is 0 Å². The van der Waals surface area contributed by atoms with E-state index < -0.39 is 0 Å². The molecule has 2 nitrogen and oxygen atoms in total. The Hall–Kier alpha value is -1.82. The summed E-state index contributed by atoms with van der Waals surface area (Å²) in [5, 5.41) is 0. The molecule has 2 aromatic carbocycles. The summed E-state index contributed by atoms with van der Waals surface area (Å²) in [5.74, 6) is 0. The minimum atomic E-state index is 0. The second kappa shape index (κ2) is 22.7. The van der Waals surface area contributed by atoms with Crippen molar-refractivity contribution in [1.82, 2.24) is 0 Å². The maximum absolute atomic E-state index is 5.15. The van der Waals surface area contributed by atoms with Gasteiger partial charge in [-0.25, -0.2) is 4.99 Å². The molecule has 2 rings (SSSR count). The number of aryl methyl sites for hydroxylation is 4. The van der Waals surface area contributed by atoms with Crippen LogP contribution in [0.2, 0.25) is 0 Å². The summed E-state index contributed by atoms with van der Waals surface area (Å²) in [6.45, 7) is 13.2. The van der Waals surface area contributed by atoms with Gasteiger partial charge in [0.1, 0.15) is 0 Å². The summed E-state index contributed by atoms with van der Waals surface area (Å²) >= 11 is 0. The minimum Gasteiger partial charge on any atom is -0.251 e. The molecule has 0 bridgehead atoms. The molecule has 0 saturated heterocycles. The molecule has 0 N–H and O–H groups in total. The standard InChI is InChI=1S/C38H58N2.Pd/c1-7-9-11-12-13-14-15-16-17-18-19-20-21-22-24-38(40-36-28-26-32(4)34(6)30-36)37(23-10-8-2)39-35-27-25-31(3)33(5)29-35;/h22,24-30H,7-21,23H2,1-6H3;. The van der Waals surface area contributed by atoms with Crippen molar-refractivity contribution in [2.24, 2.45) is 9.98 Å². The van der Waals surface area contributed by atoms with Crippen molar-refractivity contribution < 1.29 is 20.4 Å². The second-order valence-corrected chi connectivity index (χ2v) is 11.8. The predicted octanol–water partition coefficient (Wildman–Crippen LogP) is 12.6. The van der Waals surface area contributed by atoms with Crippen LogP contribution in [0, 0.1) is 27.7 Å². The van der Waals surface area contributed by atoms with Crippen LogP contribution in [0.15, 0.2) is 58.5 Å². The molecule has 3 heteroatoms. The topological polar surface area (TPSA) is 24.7 Å². The average molecular weight is 649 g/mol. The average Bonchev–Trinajstić information content (AvgIpc) is 2.94. The minimum absolute atomic E-state index is 0. The van der Waals surface area contributed by atoms with E-state index in [4.69, 9.17) is 9.98 Å². The number of rotatable bonds is 20. The van der Waals surface area contributed by atoms with E-state index in [0.717, 1.165) is 48.5 Å². The molecule has 0 aliphatic carbocycles. The maximum Gasteiger partial charge on any atom is 0.0848 e. The molecule has 0 fully saturated rings. The summed E-state index contributed by atoms with van der Waals surface area (Å²) in [7, 11) is 0. The van der Waals surface area contributed by atoms with E-state index in [1.807, 2.05) is 0 Å². The molecule has 0 unspecified atom stereocenters. The fourth-order valence-electron chi connectivity index (χ4n) is 4.97. The smallest absolute Gasteiger partial charge is 0.0848 e. The molecule has 0 amide bonds. The van der Waals surface area contributed by atoms with Crippen LogP contribution in [0.25, 0.3) is 0 Å². The number of hydrogen-bond donors (Lipinski definition) is 0. The molecule has 0 heterocycles. The van der Waals surface area contributed by atoms with Crippen molar-refractivity contribution in [3.05, 3.63) is 70.8 Å². The Balaban J connectivity index is 0.00000840. The third-order valence-corrected chi connectivity index (χ3v) is 8.06. The summed E-state index contributed by atoms with van der Waals surface area (Å²) < 4.78 is 0. The zero-order chi connectivity index (χ0) is 29.0. The van der Waals surface area contributed by atoms with Crippen LogP contribution in [-0.4, -0.2) is 11.4 Å². The van der Waals surface area contributed by atoms with Gasteiger partial charge in [0.2, 0.25) is 0 Å². The fourth-order valence-corrected chi connectivity index (χ4v) is 4.97. The largest absolute Gasteiger partial charge is 0.251 e. The molecular formula is C38H58N2Pd. The van der Waals surface area contributed by atoms with Gasteiger partial charge in [0.15, 0.2) is 0 Å². The summed E-state index contributed by atoms with van der Waals surface area (Å²) in [4.78, 5) is 10.3. The summed E-state index contributed by atoms with van der Waals surface area (Å²) in [6, 6.07) is 13.0. The van der Waals surface area contributed by atoms with Gasteiger partial charge in [0, 0.05) is 20.4 Å². The van der Waals surface area contributed by atoms with Gasteiger partial charge in [-0.1, -0.05) is 109 Å². The Bertz CT molecular complexity index is 1080. The molecule has 41 heavy (non-hydrogen) atoms. The molecule has 0 aliphatic rings. The van der Waals surface area contributed by atoms with Gasteiger partial charge in [-0.05, 0) is 106 Å². The van der Waals surface area contributed by atoms with Crippen molar-refractivity contribution in [2.45, 2.75) is 144 Å². The quantitative estimate of drug-likeness (QED) is 0.0775. The van der Waals surface area contributed by atoms with Crippen LogP contribution >= 0.6 is 0 Å². The molecule has 0 aromatic heterocycles. The Kier molecular flexibility index (Phi) is 20.6. The number of aliphatic imine (C=N–C) groups is 2. The number of hydrogen-bond acceptors (Lipinski definition) is 2. The Morgan fingerprint density at radius 2 is 1.02 bits per heavy atom. The molecule has 0 radical (unpaired) electrons. The van der Waals surface area contributed by atoms with E-state index >= 15 is 0 Å². The second-order valence-electron chi connectivity index (χ2n) is 11.8. The van der Waals surface area contributed by atoms with Gasteiger partial charge in [-0.3, -0.25) is 4.99 Å². The number of unbranched alkanes of at least 4 members (excludes halogenated alkanes) is 13. The van der Waals surface area contributed by atoms with E-state index in [2.05, 4.69) is 90.1 Å². The molecule has 0 saturated carbocycles. The van der Waals surface area contributed by atoms with Crippen molar-refractivity contribution in [1.29, 1.82) is 0 Å². The molecular weight excluding hydrogens is 591 g/mol. The maximum atomic E-state index is 5.15. The molecule has 230 valence electrons. The zero-order valence-corrected chi connectivity index (χ0v) is 28.7. The molecule has 0 spiro atoms. The van der Waals surface area contributed by atoms with Gasteiger partial charge in [0.25, 0.3) is 0 Å². The SMILES string of the molecule is CCCCCCCCCCCCCCC=CC(=Nc1ccc(C)c(C)c1)C(CCCC)=Nc1ccc(C)c(C)c1.[Pd]. The van der Waals surface area contributed by atoms with Crippen LogP contribution < -0.4 is 0 Å². The number of allylic oxidation sites excluding steroid dienone is 2. The Labute approximate surface area is 267 Å². The third kappa shape index (κ3) is 15.8. The first kappa shape index (κ1) is 37.2. The summed E-state index contributed by atoms with van der Waals surface area (Å²) in [6.07, 6.45) is 25.5. The van der Waals surface area contributed by atoms with Crippen molar-refractivity contribution in [3.8, 4) is 0 Å². The van der Waals surface area contributed by atoms with Gasteiger partial charge < -0.3 is 0 Å². The molecule has 0 atom stereocenters. The third-order valence-electron chi connectivity index (χ3n) is 8.06. The predicted molar refractivity (Wildman–Crippen MR) is 180 cm³/mol. The van der Waals surface area contributed by atoms with Gasteiger partial charge in [-0.2, -0.15) is 0 Å². The Morgan fingerprint density at radius 3 is 1.51 bits per heavy atom. The Morgan fingerprint density at radius 1 is 0.561 bits per heavy atom. The first-order chi connectivity index (χ1) is 19.4. The van der Waals surface area contributed by atoms with Crippen molar-refractivity contribution >= 4 is 22.8 Å². The van der Waals surface area contributed by atoms with E-state index in [9.17, 15) is 0 Å².